The van der Waals surface area contributed by atoms with E-state index in [1.807, 2.05) is 0 Å². The lowest BCUT2D eigenvalue weighted by Crippen LogP contribution is -2.36. The first-order chi connectivity index (χ1) is 6.69. The molecule has 0 radical (unpaired) electrons. The number of furan rings is 1. The molecule has 1 aromatic rings. The Morgan fingerprint density at radius 1 is 1.79 bits per heavy atom. The van der Waals surface area contributed by atoms with Gasteiger partial charge in [-0.1, -0.05) is 6.58 Å². The largest absolute Gasteiger partial charge is 0.620 e. The standard InChI is InChI=1S/C8H8BClO4/c1-3-7(11)13-9(14-10)8-6(2)4-5-12-8/h3-5H,1H2,2H3. The van der Waals surface area contributed by atoms with E-state index in [1.54, 1.807) is 13.0 Å². The molecule has 1 aromatic heterocycles. The predicted octanol–water partition coefficient (Wildman–Crippen LogP) is 1.18. The molecule has 0 aliphatic rings. The van der Waals surface area contributed by atoms with E-state index in [0.717, 1.165) is 11.6 Å². The molecule has 0 saturated carbocycles. The predicted molar refractivity (Wildman–Crippen MR) is 52.1 cm³/mol. The van der Waals surface area contributed by atoms with Gasteiger partial charge < -0.3 is 9.07 Å². The summed E-state index contributed by atoms with van der Waals surface area (Å²) in [6.45, 7) is 5.03. The number of halogens is 1. The van der Waals surface area contributed by atoms with Crippen molar-refractivity contribution in [3.05, 3.63) is 30.5 Å². The minimum Gasteiger partial charge on any atom is -0.500 e. The topological polar surface area (TPSA) is 48.7 Å². The second-order valence-corrected chi connectivity index (χ2v) is 2.71. The number of carbonyl (C=O) groups is 1. The van der Waals surface area contributed by atoms with Gasteiger partial charge in [0.05, 0.1) is 6.26 Å². The molecule has 0 unspecified atom stereocenters. The second kappa shape index (κ2) is 4.88. The summed E-state index contributed by atoms with van der Waals surface area (Å²) in [4.78, 5) is 10.9. The molecule has 0 fully saturated rings. The molecular formula is C8H8BClO4. The van der Waals surface area contributed by atoms with Gasteiger partial charge in [-0.05, 0) is 18.6 Å². The number of carbonyl (C=O) groups excluding carboxylic acids is 1. The van der Waals surface area contributed by atoms with Crippen LogP contribution in [0.5, 0.6) is 0 Å². The van der Waals surface area contributed by atoms with Crippen molar-refractivity contribution in [1.29, 1.82) is 0 Å². The Morgan fingerprint density at radius 3 is 2.93 bits per heavy atom. The fourth-order valence-electron chi connectivity index (χ4n) is 0.892. The summed E-state index contributed by atoms with van der Waals surface area (Å²) in [5, 5.41) is 0. The van der Waals surface area contributed by atoms with Gasteiger partial charge in [-0.2, -0.15) is 0 Å². The molecule has 0 N–H and O–H groups in total. The summed E-state index contributed by atoms with van der Waals surface area (Å²) >= 11 is 5.16. The first-order valence-electron chi connectivity index (χ1n) is 3.83. The molecule has 1 rings (SSSR count). The fraction of sp³-hybridized carbons (Fsp3) is 0.125. The molecule has 0 atom stereocenters. The maximum Gasteiger partial charge on any atom is 0.620 e. The van der Waals surface area contributed by atoms with Crippen LogP contribution in [0.4, 0.5) is 0 Å². The fourth-order valence-corrected chi connectivity index (χ4v) is 1.01. The van der Waals surface area contributed by atoms with Crippen LogP contribution in [-0.2, 0) is 13.7 Å². The Bertz CT molecular complexity index is 336. The number of aryl methyl sites for hydroxylation is 1. The van der Waals surface area contributed by atoms with Gasteiger partial charge in [0, 0.05) is 17.9 Å². The summed E-state index contributed by atoms with van der Waals surface area (Å²) in [5.41, 5.74) is 1.14. The van der Waals surface area contributed by atoms with Gasteiger partial charge in [-0.15, -0.1) is 0 Å². The van der Waals surface area contributed by atoms with E-state index >= 15 is 0 Å². The van der Waals surface area contributed by atoms with Gasteiger partial charge in [0.1, 0.15) is 0 Å². The van der Waals surface area contributed by atoms with Crippen LogP contribution in [0.25, 0.3) is 0 Å². The zero-order chi connectivity index (χ0) is 10.6. The normalized spacial score (nSPS) is 9.57. The van der Waals surface area contributed by atoms with E-state index < -0.39 is 13.1 Å². The first-order valence-corrected chi connectivity index (χ1v) is 4.14. The van der Waals surface area contributed by atoms with E-state index in [-0.39, 0.29) is 0 Å². The summed E-state index contributed by atoms with van der Waals surface area (Å²) in [5.74, 6) is -0.633. The average molecular weight is 214 g/mol. The van der Waals surface area contributed by atoms with Crippen LogP contribution < -0.4 is 5.66 Å². The van der Waals surface area contributed by atoms with Gasteiger partial charge in [0.15, 0.2) is 5.66 Å². The van der Waals surface area contributed by atoms with Crippen LogP contribution >= 0.6 is 11.9 Å². The zero-order valence-electron chi connectivity index (χ0n) is 7.53. The van der Waals surface area contributed by atoms with E-state index in [0.29, 0.717) is 5.66 Å². The average Bonchev–Trinajstić information content (AvgIpc) is 2.60. The third kappa shape index (κ3) is 2.40. The number of rotatable bonds is 4. The van der Waals surface area contributed by atoms with Crippen LogP contribution in [0.15, 0.2) is 29.4 Å². The van der Waals surface area contributed by atoms with Crippen molar-refractivity contribution in [3.63, 3.8) is 0 Å². The Kier molecular flexibility index (Phi) is 3.79. The Labute approximate surface area is 86.8 Å². The van der Waals surface area contributed by atoms with Crippen LogP contribution in [0.1, 0.15) is 5.56 Å². The molecule has 0 aromatic carbocycles. The van der Waals surface area contributed by atoms with Crippen LogP contribution in [0.3, 0.4) is 0 Å². The Hall–Kier alpha value is -1.20. The zero-order valence-corrected chi connectivity index (χ0v) is 8.28. The second-order valence-electron chi connectivity index (χ2n) is 2.53. The molecule has 0 amide bonds. The lowest BCUT2D eigenvalue weighted by molar-refractivity contribution is -0.129. The third-order valence-electron chi connectivity index (χ3n) is 1.59. The monoisotopic (exact) mass is 214 g/mol. The molecule has 0 saturated heterocycles. The number of hydrogen-bond donors (Lipinski definition) is 0. The third-order valence-corrected chi connectivity index (χ3v) is 1.75. The maximum absolute atomic E-state index is 10.9. The van der Waals surface area contributed by atoms with Crippen molar-refractivity contribution in [3.8, 4) is 0 Å². The van der Waals surface area contributed by atoms with Gasteiger partial charge >= 0.3 is 13.1 Å². The van der Waals surface area contributed by atoms with Gasteiger partial charge in [0.2, 0.25) is 0 Å². The molecule has 6 heteroatoms. The summed E-state index contributed by atoms with van der Waals surface area (Å²) in [6.07, 6.45) is 2.47. The highest BCUT2D eigenvalue weighted by Gasteiger charge is 2.30. The van der Waals surface area contributed by atoms with Crippen LogP contribution in [0.2, 0.25) is 0 Å². The van der Waals surface area contributed by atoms with Crippen molar-refractivity contribution in [2.75, 3.05) is 0 Å². The Morgan fingerprint density at radius 2 is 2.50 bits per heavy atom. The molecule has 1 heterocycles. The van der Waals surface area contributed by atoms with Crippen molar-refractivity contribution in [2.45, 2.75) is 6.92 Å². The van der Waals surface area contributed by atoms with Crippen molar-refractivity contribution >= 4 is 30.6 Å². The van der Waals surface area contributed by atoms with Crippen LogP contribution in [-0.4, -0.2) is 13.1 Å². The van der Waals surface area contributed by atoms with Crippen LogP contribution in [0, 0.1) is 6.92 Å². The summed E-state index contributed by atoms with van der Waals surface area (Å²) in [6, 6.07) is 1.71. The Balaban J connectivity index is 2.77. The molecular weight excluding hydrogens is 206 g/mol. The molecule has 0 aliphatic heterocycles. The molecule has 4 nitrogen and oxygen atoms in total. The van der Waals surface area contributed by atoms with Gasteiger partial charge in [-0.3, -0.25) is 4.21 Å². The quantitative estimate of drug-likeness (QED) is 0.558. The first kappa shape index (κ1) is 10.9. The maximum atomic E-state index is 10.9. The smallest absolute Gasteiger partial charge is 0.500 e. The molecule has 0 aliphatic carbocycles. The lowest BCUT2D eigenvalue weighted by Gasteiger charge is -2.06. The van der Waals surface area contributed by atoms with E-state index in [1.165, 1.54) is 6.26 Å². The molecule has 74 valence electrons. The highest BCUT2D eigenvalue weighted by Crippen LogP contribution is 2.02. The molecule has 0 bridgehead atoms. The minimum absolute atomic E-state index is 0.357. The van der Waals surface area contributed by atoms with E-state index in [9.17, 15) is 4.79 Å². The van der Waals surface area contributed by atoms with Gasteiger partial charge in [-0.25, -0.2) is 4.79 Å². The summed E-state index contributed by atoms with van der Waals surface area (Å²) < 4.78 is 14.2. The molecule has 0 spiro atoms. The highest BCUT2D eigenvalue weighted by molar-refractivity contribution is 6.65. The summed E-state index contributed by atoms with van der Waals surface area (Å²) in [7, 11) is -1.04. The highest BCUT2D eigenvalue weighted by atomic mass is 35.5. The van der Waals surface area contributed by atoms with Crippen molar-refractivity contribution < 1.29 is 18.1 Å². The lowest BCUT2D eigenvalue weighted by atomic mass is 9.84. The van der Waals surface area contributed by atoms with E-state index in [4.69, 9.17) is 20.9 Å². The number of hydrogen-bond acceptors (Lipinski definition) is 4. The van der Waals surface area contributed by atoms with Gasteiger partial charge in [0.25, 0.3) is 0 Å². The van der Waals surface area contributed by atoms with Crippen molar-refractivity contribution in [1.82, 2.24) is 0 Å². The van der Waals surface area contributed by atoms with Crippen molar-refractivity contribution in [2.24, 2.45) is 0 Å². The minimum atomic E-state index is -1.04. The SMILES string of the molecule is C=CC(=O)OB(OCl)c1occc1C. The molecule has 14 heavy (non-hydrogen) atoms. The van der Waals surface area contributed by atoms with E-state index in [2.05, 4.69) is 10.8 Å².